The van der Waals surface area contributed by atoms with Gasteiger partial charge in [0, 0.05) is 5.69 Å². The average Bonchev–Trinajstić information content (AvgIpc) is 2.32. The van der Waals surface area contributed by atoms with Gasteiger partial charge in [-0.05, 0) is 17.2 Å². The van der Waals surface area contributed by atoms with Crippen LogP contribution in [-0.2, 0) is 10.1 Å². The van der Waals surface area contributed by atoms with Crippen LogP contribution in [0.15, 0.2) is 54.6 Å². The molecule has 0 radical (unpaired) electrons. The molecule has 4 nitrogen and oxygen atoms in total. The fourth-order valence-corrected chi connectivity index (χ4v) is 2.93. The lowest BCUT2D eigenvalue weighted by Crippen LogP contribution is -2.15. The van der Waals surface area contributed by atoms with Crippen LogP contribution in [0.25, 0.3) is 0 Å². The Labute approximate surface area is 106 Å². The molecular formula is C13H13NO3S. The van der Waals surface area contributed by atoms with Crippen LogP contribution in [0.1, 0.15) is 16.4 Å². The molecule has 18 heavy (non-hydrogen) atoms. The van der Waals surface area contributed by atoms with E-state index in [2.05, 4.69) is 0 Å². The van der Waals surface area contributed by atoms with Gasteiger partial charge < -0.3 is 5.73 Å². The van der Waals surface area contributed by atoms with E-state index in [-0.39, 0.29) is 0 Å². The number of anilines is 1. The standard InChI is InChI=1S/C13H13NO3S/c14-12-9-5-4-8-11(12)13(18(15,16)17)10-6-2-1-3-7-10/h1-9,13H,14H2,(H,15,16,17). The Morgan fingerprint density at radius 2 is 1.50 bits per heavy atom. The molecule has 0 spiro atoms. The van der Waals surface area contributed by atoms with Crippen molar-refractivity contribution in [2.24, 2.45) is 0 Å². The van der Waals surface area contributed by atoms with Gasteiger partial charge in [-0.1, -0.05) is 48.5 Å². The van der Waals surface area contributed by atoms with E-state index >= 15 is 0 Å². The summed E-state index contributed by atoms with van der Waals surface area (Å²) in [6, 6.07) is 15.1. The highest BCUT2D eigenvalue weighted by atomic mass is 32.2. The van der Waals surface area contributed by atoms with Crippen LogP contribution in [0.2, 0.25) is 0 Å². The molecule has 0 aliphatic heterocycles. The minimum atomic E-state index is -4.27. The van der Waals surface area contributed by atoms with Gasteiger partial charge in [0.05, 0.1) is 0 Å². The molecule has 0 aliphatic rings. The second kappa shape index (κ2) is 4.80. The summed E-state index contributed by atoms with van der Waals surface area (Å²) in [6.07, 6.45) is 0. The Morgan fingerprint density at radius 1 is 0.944 bits per heavy atom. The summed E-state index contributed by atoms with van der Waals surface area (Å²) >= 11 is 0. The third-order valence-corrected chi connectivity index (χ3v) is 3.80. The predicted octanol–water partition coefficient (Wildman–Crippen LogP) is 2.25. The van der Waals surface area contributed by atoms with Crippen molar-refractivity contribution in [3.8, 4) is 0 Å². The molecule has 0 saturated heterocycles. The second-order valence-electron chi connectivity index (χ2n) is 3.93. The van der Waals surface area contributed by atoms with Gasteiger partial charge in [0.2, 0.25) is 0 Å². The summed E-state index contributed by atoms with van der Waals surface area (Å²) in [5.74, 6) is 0. The second-order valence-corrected chi connectivity index (χ2v) is 5.44. The minimum absolute atomic E-state index is 0.337. The molecule has 0 amide bonds. The molecule has 0 fully saturated rings. The number of nitrogens with two attached hydrogens (primary N) is 1. The van der Waals surface area contributed by atoms with Crippen molar-refractivity contribution < 1.29 is 13.0 Å². The van der Waals surface area contributed by atoms with E-state index in [0.717, 1.165) is 0 Å². The predicted molar refractivity (Wildman–Crippen MR) is 70.7 cm³/mol. The molecule has 94 valence electrons. The van der Waals surface area contributed by atoms with Crippen molar-refractivity contribution in [3.63, 3.8) is 0 Å². The lowest BCUT2D eigenvalue weighted by Gasteiger charge is -2.16. The monoisotopic (exact) mass is 263 g/mol. The van der Waals surface area contributed by atoms with Crippen LogP contribution in [0.3, 0.4) is 0 Å². The Bertz CT molecular complexity index is 638. The first-order valence-electron chi connectivity index (χ1n) is 5.36. The molecule has 3 N–H and O–H groups in total. The van der Waals surface area contributed by atoms with Crippen LogP contribution < -0.4 is 5.73 Å². The first kappa shape index (κ1) is 12.6. The summed E-state index contributed by atoms with van der Waals surface area (Å²) in [5, 5.41) is -1.15. The van der Waals surface area contributed by atoms with Crippen molar-refractivity contribution in [2.45, 2.75) is 5.25 Å². The number of para-hydroxylation sites is 1. The zero-order chi connectivity index (χ0) is 13.2. The number of hydrogen-bond acceptors (Lipinski definition) is 3. The molecule has 0 bridgehead atoms. The zero-order valence-electron chi connectivity index (χ0n) is 9.52. The summed E-state index contributed by atoms with van der Waals surface area (Å²) in [5.41, 5.74) is 6.98. The normalized spacial score (nSPS) is 13.2. The highest BCUT2D eigenvalue weighted by molar-refractivity contribution is 7.86. The van der Waals surface area contributed by atoms with Gasteiger partial charge >= 0.3 is 0 Å². The molecule has 2 aromatic carbocycles. The molecule has 1 unspecified atom stereocenters. The molecule has 2 rings (SSSR count). The Kier molecular flexibility index (Phi) is 3.36. The first-order valence-corrected chi connectivity index (χ1v) is 6.86. The van der Waals surface area contributed by atoms with E-state index in [1.54, 1.807) is 54.6 Å². The molecular weight excluding hydrogens is 250 g/mol. The van der Waals surface area contributed by atoms with Crippen molar-refractivity contribution in [2.75, 3.05) is 5.73 Å². The minimum Gasteiger partial charge on any atom is -0.398 e. The molecule has 0 aliphatic carbocycles. The van der Waals surface area contributed by atoms with Gasteiger partial charge in [0.15, 0.2) is 0 Å². The third kappa shape index (κ3) is 2.52. The smallest absolute Gasteiger partial charge is 0.276 e. The van der Waals surface area contributed by atoms with Gasteiger partial charge in [0.1, 0.15) is 5.25 Å². The van der Waals surface area contributed by atoms with Gasteiger partial charge in [-0.25, -0.2) is 0 Å². The first-order chi connectivity index (χ1) is 8.50. The maximum atomic E-state index is 11.6. The topological polar surface area (TPSA) is 80.4 Å². The molecule has 5 heteroatoms. The Balaban J connectivity index is 2.63. The zero-order valence-corrected chi connectivity index (χ0v) is 10.3. The third-order valence-electron chi connectivity index (χ3n) is 2.68. The molecule has 1 atom stereocenters. The average molecular weight is 263 g/mol. The number of hydrogen-bond donors (Lipinski definition) is 2. The summed E-state index contributed by atoms with van der Waals surface area (Å²) < 4.78 is 32.6. The lowest BCUT2D eigenvalue weighted by molar-refractivity contribution is 0.475. The number of nitrogen functional groups attached to an aromatic ring is 1. The van der Waals surface area contributed by atoms with Crippen LogP contribution >= 0.6 is 0 Å². The highest BCUT2D eigenvalue weighted by Crippen LogP contribution is 2.32. The van der Waals surface area contributed by atoms with Crippen LogP contribution in [0, 0.1) is 0 Å². The summed E-state index contributed by atoms with van der Waals surface area (Å²) in [6.45, 7) is 0. The number of benzene rings is 2. The van der Waals surface area contributed by atoms with Gasteiger partial charge in [-0.3, -0.25) is 4.55 Å². The van der Waals surface area contributed by atoms with Gasteiger partial charge in [-0.15, -0.1) is 0 Å². The Hall–Kier alpha value is -1.85. The van der Waals surface area contributed by atoms with Crippen LogP contribution in [0.4, 0.5) is 5.69 Å². The fourth-order valence-electron chi connectivity index (χ4n) is 1.89. The Morgan fingerprint density at radius 3 is 2.06 bits per heavy atom. The molecule has 2 aromatic rings. The van der Waals surface area contributed by atoms with Crippen molar-refractivity contribution in [1.82, 2.24) is 0 Å². The largest absolute Gasteiger partial charge is 0.398 e. The maximum Gasteiger partial charge on any atom is 0.276 e. The van der Waals surface area contributed by atoms with Crippen LogP contribution in [-0.4, -0.2) is 13.0 Å². The van der Waals surface area contributed by atoms with E-state index in [0.29, 0.717) is 16.8 Å². The van der Waals surface area contributed by atoms with E-state index in [9.17, 15) is 13.0 Å². The molecule has 0 saturated carbocycles. The number of rotatable bonds is 3. The van der Waals surface area contributed by atoms with E-state index in [4.69, 9.17) is 5.73 Å². The van der Waals surface area contributed by atoms with Crippen molar-refractivity contribution in [3.05, 3.63) is 65.7 Å². The quantitative estimate of drug-likeness (QED) is 0.657. The summed E-state index contributed by atoms with van der Waals surface area (Å²) in [7, 11) is -4.27. The SMILES string of the molecule is Nc1ccccc1C(c1ccccc1)S(=O)(=O)O. The summed E-state index contributed by atoms with van der Waals surface area (Å²) in [4.78, 5) is 0. The van der Waals surface area contributed by atoms with E-state index in [1.165, 1.54) is 0 Å². The molecule has 0 heterocycles. The lowest BCUT2D eigenvalue weighted by atomic mass is 10.0. The highest BCUT2D eigenvalue weighted by Gasteiger charge is 2.28. The molecule has 0 aromatic heterocycles. The van der Waals surface area contributed by atoms with Gasteiger partial charge in [-0.2, -0.15) is 8.42 Å². The van der Waals surface area contributed by atoms with E-state index in [1.807, 2.05) is 0 Å². The van der Waals surface area contributed by atoms with Gasteiger partial charge in [0.25, 0.3) is 10.1 Å². The van der Waals surface area contributed by atoms with E-state index < -0.39 is 15.4 Å². The van der Waals surface area contributed by atoms with Crippen molar-refractivity contribution in [1.29, 1.82) is 0 Å². The maximum absolute atomic E-state index is 11.6. The van der Waals surface area contributed by atoms with Crippen LogP contribution in [0.5, 0.6) is 0 Å². The fraction of sp³-hybridized carbons (Fsp3) is 0.0769. The van der Waals surface area contributed by atoms with Crippen molar-refractivity contribution >= 4 is 15.8 Å².